The summed E-state index contributed by atoms with van der Waals surface area (Å²) >= 11 is 0. The SMILES string of the molecule is Fc1ccccc1/C=N/Nc1nc(N2CCCCC2)nc(N2CCOCC2)n1. The fourth-order valence-corrected chi connectivity index (χ4v) is 3.28. The van der Waals surface area contributed by atoms with E-state index in [9.17, 15) is 4.39 Å². The minimum atomic E-state index is -0.327. The average Bonchev–Trinajstić information content (AvgIpc) is 2.76. The quantitative estimate of drug-likeness (QED) is 0.625. The first-order valence-corrected chi connectivity index (χ1v) is 9.67. The van der Waals surface area contributed by atoms with Crippen molar-refractivity contribution in [1.82, 2.24) is 15.0 Å². The molecule has 0 aliphatic carbocycles. The molecule has 1 N–H and O–H groups in total. The van der Waals surface area contributed by atoms with Crippen molar-refractivity contribution in [1.29, 1.82) is 0 Å². The third kappa shape index (κ3) is 4.53. The van der Waals surface area contributed by atoms with Crippen molar-refractivity contribution in [3.63, 3.8) is 0 Å². The molecule has 2 fully saturated rings. The van der Waals surface area contributed by atoms with Gasteiger partial charge < -0.3 is 14.5 Å². The van der Waals surface area contributed by atoms with Gasteiger partial charge in [0, 0.05) is 31.7 Å². The van der Waals surface area contributed by atoms with Gasteiger partial charge in [0.2, 0.25) is 17.8 Å². The molecule has 0 amide bonds. The molecule has 0 saturated carbocycles. The number of benzene rings is 1. The van der Waals surface area contributed by atoms with E-state index in [2.05, 4.69) is 35.3 Å². The summed E-state index contributed by atoms with van der Waals surface area (Å²) in [5.74, 6) is 1.29. The number of aromatic nitrogens is 3. The summed E-state index contributed by atoms with van der Waals surface area (Å²) in [5.41, 5.74) is 3.23. The summed E-state index contributed by atoms with van der Waals surface area (Å²) in [6.45, 7) is 4.65. The van der Waals surface area contributed by atoms with Crippen LogP contribution in [0.2, 0.25) is 0 Å². The smallest absolute Gasteiger partial charge is 0.250 e. The lowest BCUT2D eigenvalue weighted by molar-refractivity contribution is 0.122. The van der Waals surface area contributed by atoms with E-state index in [4.69, 9.17) is 4.74 Å². The molecule has 4 rings (SSSR count). The number of hydrogen-bond acceptors (Lipinski definition) is 8. The van der Waals surface area contributed by atoms with Gasteiger partial charge in [0.25, 0.3) is 0 Å². The van der Waals surface area contributed by atoms with Gasteiger partial charge in [0.1, 0.15) is 5.82 Å². The van der Waals surface area contributed by atoms with Crippen molar-refractivity contribution in [3.05, 3.63) is 35.6 Å². The summed E-state index contributed by atoms with van der Waals surface area (Å²) in [7, 11) is 0. The average molecular weight is 385 g/mol. The molecule has 3 heterocycles. The Labute approximate surface area is 163 Å². The van der Waals surface area contributed by atoms with Crippen LogP contribution in [0.5, 0.6) is 0 Å². The number of nitrogens with one attached hydrogen (secondary N) is 1. The summed E-state index contributed by atoms with van der Waals surface area (Å²) in [5, 5.41) is 4.12. The van der Waals surface area contributed by atoms with Crippen molar-refractivity contribution in [2.45, 2.75) is 19.3 Å². The molecule has 28 heavy (non-hydrogen) atoms. The molecule has 1 aromatic heterocycles. The van der Waals surface area contributed by atoms with Crippen molar-refractivity contribution < 1.29 is 9.13 Å². The van der Waals surface area contributed by atoms with Gasteiger partial charge >= 0.3 is 0 Å². The number of nitrogens with zero attached hydrogens (tertiary/aromatic N) is 6. The highest BCUT2D eigenvalue weighted by Gasteiger charge is 2.20. The summed E-state index contributed by atoms with van der Waals surface area (Å²) in [6.07, 6.45) is 4.92. The largest absolute Gasteiger partial charge is 0.378 e. The van der Waals surface area contributed by atoms with E-state index in [1.54, 1.807) is 18.2 Å². The Morgan fingerprint density at radius 3 is 2.32 bits per heavy atom. The lowest BCUT2D eigenvalue weighted by atomic mass is 10.1. The molecule has 2 saturated heterocycles. The van der Waals surface area contributed by atoms with E-state index >= 15 is 0 Å². The number of hydrogen-bond donors (Lipinski definition) is 1. The van der Waals surface area contributed by atoms with Crippen molar-refractivity contribution >= 4 is 24.1 Å². The highest BCUT2D eigenvalue weighted by atomic mass is 19.1. The number of anilines is 3. The van der Waals surface area contributed by atoms with Crippen LogP contribution in [0.4, 0.5) is 22.2 Å². The van der Waals surface area contributed by atoms with Crippen molar-refractivity contribution in [2.75, 3.05) is 54.6 Å². The summed E-state index contributed by atoms with van der Waals surface area (Å²) < 4.78 is 19.2. The molecule has 0 radical (unpaired) electrons. The Hall–Kier alpha value is -2.81. The second-order valence-electron chi connectivity index (χ2n) is 6.80. The first-order chi connectivity index (χ1) is 13.8. The second-order valence-corrected chi connectivity index (χ2v) is 6.80. The minimum Gasteiger partial charge on any atom is -0.378 e. The maximum atomic E-state index is 13.7. The van der Waals surface area contributed by atoms with Crippen LogP contribution in [-0.2, 0) is 4.74 Å². The number of piperidine rings is 1. The maximum absolute atomic E-state index is 13.7. The van der Waals surface area contributed by atoms with Crippen LogP contribution in [0, 0.1) is 5.82 Å². The van der Waals surface area contributed by atoms with Gasteiger partial charge in [-0.3, -0.25) is 0 Å². The topological polar surface area (TPSA) is 78.8 Å². The zero-order valence-electron chi connectivity index (χ0n) is 15.7. The monoisotopic (exact) mass is 385 g/mol. The molecule has 0 spiro atoms. The van der Waals surface area contributed by atoms with E-state index < -0.39 is 0 Å². The predicted molar refractivity (Wildman–Crippen MR) is 107 cm³/mol. The van der Waals surface area contributed by atoms with E-state index in [1.165, 1.54) is 18.7 Å². The molecular formula is C19H24FN7O. The third-order valence-electron chi connectivity index (χ3n) is 4.82. The molecule has 1 aromatic carbocycles. The van der Waals surface area contributed by atoms with Gasteiger partial charge in [-0.15, -0.1) is 0 Å². The fraction of sp³-hybridized carbons (Fsp3) is 0.474. The molecule has 2 aromatic rings. The van der Waals surface area contributed by atoms with Crippen LogP contribution >= 0.6 is 0 Å². The Bertz CT molecular complexity index is 783. The van der Waals surface area contributed by atoms with Crippen LogP contribution in [0.25, 0.3) is 0 Å². The van der Waals surface area contributed by atoms with Crippen molar-refractivity contribution in [3.8, 4) is 0 Å². The number of hydrazone groups is 1. The zero-order chi connectivity index (χ0) is 19.2. The van der Waals surface area contributed by atoms with E-state index in [1.807, 2.05) is 0 Å². The molecular weight excluding hydrogens is 361 g/mol. The van der Waals surface area contributed by atoms with Crippen LogP contribution in [0.15, 0.2) is 29.4 Å². The highest BCUT2D eigenvalue weighted by Crippen LogP contribution is 2.21. The predicted octanol–water partition coefficient (Wildman–Crippen LogP) is 2.28. The molecule has 2 aliphatic heterocycles. The van der Waals surface area contributed by atoms with Crippen LogP contribution in [-0.4, -0.2) is 60.6 Å². The normalized spacial score (nSPS) is 17.9. The number of ether oxygens (including phenoxy) is 1. The van der Waals surface area contributed by atoms with E-state index in [-0.39, 0.29) is 5.82 Å². The van der Waals surface area contributed by atoms with Gasteiger partial charge in [-0.05, 0) is 25.3 Å². The Morgan fingerprint density at radius 2 is 1.61 bits per heavy atom. The molecule has 0 bridgehead atoms. The Kier molecular flexibility index (Phi) is 5.91. The van der Waals surface area contributed by atoms with Crippen LogP contribution < -0.4 is 15.2 Å². The molecule has 9 heteroatoms. The zero-order valence-corrected chi connectivity index (χ0v) is 15.7. The number of halogens is 1. The van der Waals surface area contributed by atoms with Crippen LogP contribution in [0.3, 0.4) is 0 Å². The number of morpholine rings is 1. The van der Waals surface area contributed by atoms with Gasteiger partial charge in [0.05, 0.1) is 19.4 Å². The molecule has 8 nitrogen and oxygen atoms in total. The first-order valence-electron chi connectivity index (χ1n) is 9.67. The Morgan fingerprint density at radius 1 is 0.929 bits per heavy atom. The first kappa shape index (κ1) is 18.5. The molecule has 0 unspecified atom stereocenters. The minimum absolute atomic E-state index is 0.327. The van der Waals surface area contributed by atoms with Gasteiger partial charge in [-0.2, -0.15) is 20.1 Å². The molecule has 148 valence electrons. The van der Waals surface area contributed by atoms with Crippen LogP contribution in [0.1, 0.15) is 24.8 Å². The lowest BCUT2D eigenvalue weighted by Gasteiger charge is -2.30. The Balaban J connectivity index is 1.56. The fourth-order valence-electron chi connectivity index (χ4n) is 3.28. The number of rotatable bonds is 5. The van der Waals surface area contributed by atoms with Gasteiger partial charge in [-0.1, -0.05) is 18.2 Å². The second kappa shape index (κ2) is 8.92. The van der Waals surface area contributed by atoms with Gasteiger partial charge in [-0.25, -0.2) is 9.82 Å². The maximum Gasteiger partial charge on any atom is 0.250 e. The lowest BCUT2D eigenvalue weighted by Crippen LogP contribution is -2.38. The highest BCUT2D eigenvalue weighted by molar-refractivity contribution is 5.80. The summed E-state index contributed by atoms with van der Waals surface area (Å²) in [4.78, 5) is 18.0. The van der Waals surface area contributed by atoms with Gasteiger partial charge in [0.15, 0.2) is 0 Å². The van der Waals surface area contributed by atoms with E-state index in [0.29, 0.717) is 36.6 Å². The molecule has 0 atom stereocenters. The van der Waals surface area contributed by atoms with Crippen molar-refractivity contribution in [2.24, 2.45) is 5.10 Å². The standard InChI is InChI=1S/C19H24FN7O/c20-16-7-3-2-6-15(16)14-21-25-17-22-18(26-8-4-1-5-9-26)24-19(23-17)27-10-12-28-13-11-27/h2-3,6-7,14H,1,4-5,8-13H2,(H,22,23,24,25)/b21-14+. The summed E-state index contributed by atoms with van der Waals surface area (Å²) in [6, 6.07) is 6.46. The van der Waals surface area contributed by atoms with E-state index in [0.717, 1.165) is 39.0 Å². The third-order valence-corrected chi connectivity index (χ3v) is 4.82. The molecule has 2 aliphatic rings.